The Bertz CT molecular complexity index is 1210. The van der Waals surface area contributed by atoms with Gasteiger partial charge < -0.3 is 20.5 Å². The maximum absolute atomic E-state index is 9.86. The third-order valence-corrected chi connectivity index (χ3v) is 6.12. The van der Waals surface area contributed by atoms with E-state index in [1.54, 1.807) is 20.0 Å². The summed E-state index contributed by atoms with van der Waals surface area (Å²) in [5, 5.41) is 14.5. The highest BCUT2D eigenvalue weighted by molar-refractivity contribution is 5.65. The molecule has 34 heavy (non-hydrogen) atoms. The van der Waals surface area contributed by atoms with Crippen molar-refractivity contribution >= 4 is 5.82 Å². The molecule has 3 aromatic rings. The van der Waals surface area contributed by atoms with E-state index in [9.17, 15) is 5.11 Å². The summed E-state index contributed by atoms with van der Waals surface area (Å²) in [6, 6.07) is 8.27. The van der Waals surface area contributed by atoms with Crippen LogP contribution in [0.5, 0.6) is 5.75 Å². The van der Waals surface area contributed by atoms with Crippen molar-refractivity contribution < 1.29 is 9.84 Å². The number of rotatable bonds is 5. The van der Waals surface area contributed by atoms with Crippen LogP contribution >= 0.6 is 0 Å². The van der Waals surface area contributed by atoms with Gasteiger partial charge in [0, 0.05) is 29.1 Å². The molecular formula is C27H33N5O2. The Morgan fingerprint density at radius 3 is 2.68 bits per heavy atom. The Morgan fingerprint density at radius 1 is 1.18 bits per heavy atom. The highest BCUT2D eigenvalue weighted by atomic mass is 16.5. The number of nitrogen functional groups attached to an aromatic ring is 1. The van der Waals surface area contributed by atoms with E-state index in [4.69, 9.17) is 10.5 Å². The van der Waals surface area contributed by atoms with Crippen LogP contribution in [0.15, 0.2) is 42.9 Å². The molecule has 0 amide bonds. The zero-order valence-electron chi connectivity index (χ0n) is 20.4. The molecule has 1 aliphatic heterocycles. The minimum atomic E-state index is -1.04. The molecular weight excluding hydrogens is 426 g/mol. The first kappa shape index (κ1) is 23.8. The molecule has 1 saturated heterocycles. The molecule has 7 nitrogen and oxygen atoms in total. The summed E-state index contributed by atoms with van der Waals surface area (Å²) in [6.45, 7) is 7.88. The van der Waals surface area contributed by atoms with Gasteiger partial charge in [0.1, 0.15) is 12.2 Å². The van der Waals surface area contributed by atoms with Crippen molar-refractivity contribution in [2.24, 2.45) is 0 Å². The van der Waals surface area contributed by atoms with Gasteiger partial charge in [-0.2, -0.15) is 5.10 Å². The number of piperidine rings is 1. The van der Waals surface area contributed by atoms with Crippen molar-refractivity contribution in [3.8, 4) is 28.7 Å². The smallest absolute Gasteiger partial charge is 0.166 e. The molecule has 0 unspecified atom stereocenters. The molecule has 2 aromatic heterocycles. The highest BCUT2D eigenvalue weighted by Gasteiger charge is 2.19. The van der Waals surface area contributed by atoms with E-state index in [0.29, 0.717) is 24.2 Å². The van der Waals surface area contributed by atoms with Gasteiger partial charge in [0.15, 0.2) is 11.6 Å². The van der Waals surface area contributed by atoms with Crippen molar-refractivity contribution in [2.45, 2.75) is 51.9 Å². The number of nitrogens with two attached hydrogens (primary N) is 1. The lowest BCUT2D eigenvalue weighted by Crippen LogP contribution is -2.31. The maximum Gasteiger partial charge on any atom is 0.166 e. The monoisotopic (exact) mass is 459 g/mol. The Labute approximate surface area is 201 Å². The maximum atomic E-state index is 9.86. The first-order valence-corrected chi connectivity index (χ1v) is 11.6. The fourth-order valence-corrected chi connectivity index (χ4v) is 3.96. The molecule has 0 spiro atoms. The lowest BCUT2D eigenvalue weighted by Gasteiger charge is -2.28. The summed E-state index contributed by atoms with van der Waals surface area (Å²) in [6.07, 6.45) is 7.93. The SMILES string of the molecule is Cc1ccc(C#CC(C)(C)O)cc1COc1cc(-c2cnn(C3CCN(C)CC3)c2)cnc1N. The van der Waals surface area contributed by atoms with Gasteiger partial charge in [-0.05, 0) is 83.1 Å². The number of hydrogen-bond donors (Lipinski definition) is 2. The van der Waals surface area contributed by atoms with Gasteiger partial charge in [-0.15, -0.1) is 0 Å². The predicted molar refractivity (Wildman–Crippen MR) is 134 cm³/mol. The van der Waals surface area contributed by atoms with Crippen LogP contribution in [0.4, 0.5) is 5.82 Å². The minimum absolute atomic E-state index is 0.341. The van der Waals surface area contributed by atoms with Crippen molar-refractivity contribution in [3.05, 3.63) is 59.5 Å². The Balaban J connectivity index is 1.49. The van der Waals surface area contributed by atoms with Crippen LogP contribution in [0.1, 0.15) is 49.4 Å². The van der Waals surface area contributed by atoms with E-state index in [-0.39, 0.29) is 0 Å². The number of nitrogens with zero attached hydrogens (tertiary/aromatic N) is 4. The van der Waals surface area contributed by atoms with E-state index in [0.717, 1.165) is 53.7 Å². The van der Waals surface area contributed by atoms with Crippen molar-refractivity contribution in [3.63, 3.8) is 0 Å². The summed E-state index contributed by atoms with van der Waals surface area (Å²) >= 11 is 0. The number of benzene rings is 1. The molecule has 178 valence electrons. The second-order valence-corrected chi connectivity index (χ2v) is 9.59. The topological polar surface area (TPSA) is 89.4 Å². The lowest BCUT2D eigenvalue weighted by molar-refractivity contribution is 0.143. The van der Waals surface area contributed by atoms with Crippen LogP contribution in [0.25, 0.3) is 11.1 Å². The number of aliphatic hydroxyl groups is 1. The number of hydrogen-bond acceptors (Lipinski definition) is 6. The summed E-state index contributed by atoms with van der Waals surface area (Å²) in [7, 11) is 2.16. The number of likely N-dealkylation sites (tertiary alicyclic amines) is 1. The largest absolute Gasteiger partial charge is 0.485 e. The van der Waals surface area contributed by atoms with E-state index < -0.39 is 5.60 Å². The lowest BCUT2D eigenvalue weighted by atomic mass is 10.0. The number of aromatic nitrogens is 3. The normalized spacial score (nSPS) is 15.1. The minimum Gasteiger partial charge on any atom is -0.485 e. The van der Waals surface area contributed by atoms with E-state index in [1.165, 1.54) is 0 Å². The highest BCUT2D eigenvalue weighted by Crippen LogP contribution is 2.29. The standard InChI is InChI=1S/C27H33N5O2/c1-19-5-6-20(7-10-27(2,3)33)13-22(19)18-34-25-14-21(15-29-26(25)28)23-16-30-32(17-23)24-8-11-31(4)12-9-24/h5-6,13-17,24,33H,8-9,11-12,18H2,1-4H3,(H2,28,29). The third-order valence-electron chi connectivity index (χ3n) is 6.12. The van der Waals surface area contributed by atoms with E-state index >= 15 is 0 Å². The van der Waals surface area contributed by atoms with Crippen LogP contribution in [0.2, 0.25) is 0 Å². The summed E-state index contributed by atoms with van der Waals surface area (Å²) < 4.78 is 8.16. The zero-order valence-corrected chi connectivity index (χ0v) is 20.4. The fourth-order valence-electron chi connectivity index (χ4n) is 3.96. The number of pyridine rings is 1. The molecule has 3 N–H and O–H groups in total. The number of aryl methyl sites for hydroxylation is 1. The average molecular weight is 460 g/mol. The van der Waals surface area contributed by atoms with Gasteiger partial charge in [0.05, 0.1) is 12.2 Å². The van der Waals surface area contributed by atoms with Crippen LogP contribution in [0, 0.1) is 18.8 Å². The average Bonchev–Trinajstić information content (AvgIpc) is 3.29. The van der Waals surface area contributed by atoms with Crippen LogP contribution in [-0.2, 0) is 6.61 Å². The Hall–Kier alpha value is -3.34. The second-order valence-electron chi connectivity index (χ2n) is 9.59. The van der Waals surface area contributed by atoms with Crippen molar-refractivity contribution in [2.75, 3.05) is 25.9 Å². The molecule has 0 atom stereocenters. The van der Waals surface area contributed by atoms with E-state index in [1.807, 2.05) is 37.4 Å². The van der Waals surface area contributed by atoms with Gasteiger partial charge in [0.25, 0.3) is 0 Å². The Kier molecular flexibility index (Phi) is 6.92. The molecule has 0 saturated carbocycles. The third kappa shape index (κ3) is 5.96. The second kappa shape index (κ2) is 9.88. The first-order valence-electron chi connectivity index (χ1n) is 11.6. The number of anilines is 1. The van der Waals surface area contributed by atoms with Crippen LogP contribution in [0.3, 0.4) is 0 Å². The molecule has 1 aromatic carbocycles. The molecule has 0 radical (unpaired) electrons. The van der Waals surface area contributed by atoms with Crippen LogP contribution in [-0.4, -0.2) is 50.5 Å². The van der Waals surface area contributed by atoms with Gasteiger partial charge in [0.2, 0.25) is 0 Å². The zero-order chi connectivity index (χ0) is 24.3. The summed E-state index contributed by atoms with van der Waals surface area (Å²) in [4.78, 5) is 6.71. The quantitative estimate of drug-likeness (QED) is 0.564. The molecule has 0 bridgehead atoms. The summed E-state index contributed by atoms with van der Waals surface area (Å²) in [5.74, 6) is 6.75. The van der Waals surface area contributed by atoms with E-state index in [2.05, 4.69) is 44.7 Å². The first-order chi connectivity index (χ1) is 16.2. The van der Waals surface area contributed by atoms with Gasteiger partial charge in [-0.1, -0.05) is 17.9 Å². The molecule has 0 aliphatic carbocycles. The van der Waals surface area contributed by atoms with Gasteiger partial charge >= 0.3 is 0 Å². The molecule has 3 heterocycles. The van der Waals surface area contributed by atoms with Crippen LogP contribution < -0.4 is 10.5 Å². The fraction of sp³-hybridized carbons (Fsp3) is 0.407. The molecule has 1 aliphatic rings. The van der Waals surface area contributed by atoms with Gasteiger partial charge in [-0.25, -0.2) is 4.98 Å². The number of ether oxygens (including phenoxy) is 1. The molecule has 4 rings (SSSR count). The molecule has 7 heteroatoms. The van der Waals surface area contributed by atoms with Crippen molar-refractivity contribution in [1.29, 1.82) is 0 Å². The Morgan fingerprint density at radius 2 is 1.94 bits per heavy atom. The van der Waals surface area contributed by atoms with Gasteiger partial charge in [-0.3, -0.25) is 4.68 Å². The predicted octanol–water partition coefficient (Wildman–Crippen LogP) is 3.80. The van der Waals surface area contributed by atoms with Crippen molar-refractivity contribution in [1.82, 2.24) is 19.7 Å². The molecule has 1 fully saturated rings. The summed E-state index contributed by atoms with van der Waals surface area (Å²) in [5.41, 5.74) is 9.92.